The van der Waals surface area contributed by atoms with Crippen molar-refractivity contribution in [1.82, 2.24) is 45.3 Å². The summed E-state index contributed by atoms with van der Waals surface area (Å²) in [7, 11) is 0. The summed E-state index contributed by atoms with van der Waals surface area (Å²) in [5.74, 6) is 5.96. The van der Waals surface area contributed by atoms with Gasteiger partial charge in [0.05, 0.1) is 18.0 Å². The van der Waals surface area contributed by atoms with Gasteiger partial charge in [-0.05, 0) is 24.3 Å². The normalized spacial score (nSPS) is 12.6. The zero-order valence-corrected chi connectivity index (χ0v) is 28.1. The van der Waals surface area contributed by atoms with Crippen molar-refractivity contribution >= 4 is 29.1 Å². The van der Waals surface area contributed by atoms with E-state index in [1.54, 1.807) is 57.6 Å². The average Bonchev–Trinajstić information content (AvgIpc) is 3.64. The van der Waals surface area contributed by atoms with Crippen LogP contribution in [0.4, 0.5) is 0 Å². The Morgan fingerprint density at radius 2 is 1.33 bits per heavy atom. The molecular weight excluding hydrogens is 626 g/mol. The van der Waals surface area contributed by atoms with Crippen LogP contribution < -0.4 is 22.7 Å². The van der Waals surface area contributed by atoms with Crippen LogP contribution in [0.5, 0.6) is 0 Å². The molecule has 1 amide bonds. The van der Waals surface area contributed by atoms with Gasteiger partial charge in [0.25, 0.3) is 0 Å². The summed E-state index contributed by atoms with van der Waals surface area (Å²) in [6, 6.07) is 8.54. The molecule has 0 radical (unpaired) electrons. The summed E-state index contributed by atoms with van der Waals surface area (Å²) in [6.45, 7) is 12.3. The van der Waals surface area contributed by atoms with Crippen LogP contribution in [0.25, 0.3) is 0 Å². The highest BCUT2D eigenvalue weighted by Gasteiger charge is 2.23. The highest BCUT2D eigenvalue weighted by Crippen LogP contribution is 2.21. The second-order valence-corrected chi connectivity index (χ2v) is 11.6. The van der Waals surface area contributed by atoms with Gasteiger partial charge in [-0.1, -0.05) is 41.5 Å². The van der Waals surface area contributed by atoms with Gasteiger partial charge in [-0.2, -0.15) is 15.5 Å². The molecule has 18 heteroatoms. The molecular formula is C31H39N17O. The molecule has 0 saturated heterocycles. The van der Waals surface area contributed by atoms with Crippen LogP contribution >= 0.6 is 0 Å². The van der Waals surface area contributed by atoms with Crippen molar-refractivity contribution in [3.63, 3.8) is 0 Å². The first-order valence-corrected chi connectivity index (χ1v) is 14.5. The number of carbonyl (C=O) groups is 1. The molecule has 0 aromatic carbocycles. The largest absolute Gasteiger partial charge is 0.380 e. The van der Waals surface area contributed by atoms with Crippen molar-refractivity contribution in [3.8, 4) is 6.07 Å². The molecule has 5 heterocycles. The average molecular weight is 666 g/mol. The Labute approximate surface area is 283 Å². The van der Waals surface area contributed by atoms with E-state index >= 15 is 0 Å². The fourth-order valence-corrected chi connectivity index (χ4v) is 3.00. The minimum absolute atomic E-state index is 0.00871. The van der Waals surface area contributed by atoms with Crippen molar-refractivity contribution in [2.45, 2.75) is 41.5 Å². The molecule has 0 bridgehead atoms. The van der Waals surface area contributed by atoms with Gasteiger partial charge in [0, 0.05) is 35.6 Å². The Kier molecular flexibility index (Phi) is 15.0. The van der Waals surface area contributed by atoms with Crippen LogP contribution in [0.3, 0.4) is 0 Å². The lowest BCUT2D eigenvalue weighted by Gasteiger charge is -2.15. The smallest absolute Gasteiger partial charge is 0.245 e. The summed E-state index contributed by atoms with van der Waals surface area (Å²) in [4.78, 5) is 50.9. The maximum absolute atomic E-state index is 11.5. The maximum atomic E-state index is 11.5. The molecule has 4 aromatic rings. The predicted molar refractivity (Wildman–Crippen MR) is 184 cm³/mol. The third-order valence-electron chi connectivity index (χ3n) is 5.65. The fourth-order valence-electron chi connectivity index (χ4n) is 3.00. The maximum Gasteiger partial charge on any atom is 0.245 e. The molecule has 0 fully saturated rings. The third kappa shape index (κ3) is 14.1. The third-order valence-corrected chi connectivity index (χ3v) is 5.65. The summed E-state index contributed by atoms with van der Waals surface area (Å²) >= 11 is 0. The first-order valence-electron chi connectivity index (χ1n) is 14.5. The van der Waals surface area contributed by atoms with Crippen molar-refractivity contribution in [1.29, 1.82) is 5.26 Å². The summed E-state index contributed by atoms with van der Waals surface area (Å²) in [6.07, 6.45) is 12.0. The number of aliphatic imine (C=N–C) groups is 2. The highest BCUT2D eigenvalue weighted by molar-refractivity contribution is 6.12. The van der Waals surface area contributed by atoms with E-state index in [1.807, 2.05) is 12.1 Å². The molecule has 1 aliphatic rings. The topological polar surface area (TPSA) is 284 Å². The zero-order chi connectivity index (χ0) is 36.3. The Bertz CT molecular complexity index is 1760. The van der Waals surface area contributed by atoms with Gasteiger partial charge in [-0.3, -0.25) is 9.79 Å². The van der Waals surface area contributed by atoms with E-state index in [1.165, 1.54) is 31.5 Å². The Hall–Kier alpha value is -6.64. The van der Waals surface area contributed by atoms with Crippen LogP contribution in [0.2, 0.25) is 0 Å². The molecule has 7 N–H and O–H groups in total. The van der Waals surface area contributed by atoms with Crippen molar-refractivity contribution in [2.24, 2.45) is 48.3 Å². The van der Waals surface area contributed by atoms with E-state index < -0.39 is 5.41 Å². The Balaban J connectivity index is 0.000000234. The van der Waals surface area contributed by atoms with Gasteiger partial charge in [0.15, 0.2) is 11.7 Å². The van der Waals surface area contributed by atoms with Gasteiger partial charge in [0.2, 0.25) is 5.91 Å². The van der Waals surface area contributed by atoms with E-state index in [-0.39, 0.29) is 23.0 Å². The monoisotopic (exact) mass is 665 g/mol. The van der Waals surface area contributed by atoms with Gasteiger partial charge in [-0.15, -0.1) is 0 Å². The number of amidine groups is 3. The first-order chi connectivity index (χ1) is 23.3. The first kappa shape index (κ1) is 38.5. The molecule has 0 saturated carbocycles. The van der Waals surface area contributed by atoms with Gasteiger partial charge >= 0.3 is 0 Å². The second-order valence-electron chi connectivity index (χ2n) is 11.6. The zero-order valence-electron chi connectivity index (χ0n) is 28.1. The van der Waals surface area contributed by atoms with Crippen LogP contribution in [0.15, 0.2) is 94.5 Å². The summed E-state index contributed by atoms with van der Waals surface area (Å²) in [5.41, 5.74) is 16.1. The lowest BCUT2D eigenvalue weighted by molar-refractivity contribution is -0.128. The number of rotatable bonds is 4. The molecule has 49 heavy (non-hydrogen) atoms. The molecule has 254 valence electrons. The summed E-state index contributed by atoms with van der Waals surface area (Å²) in [5, 5.41) is 15.2. The fraction of sp³-hybridized carbons (Fsp3) is 0.290. The van der Waals surface area contributed by atoms with Crippen molar-refractivity contribution in [2.75, 3.05) is 6.54 Å². The second kappa shape index (κ2) is 19.1. The number of hydrogen-bond donors (Lipinski definition) is 4. The number of nitriles is 1. The predicted octanol–water partition coefficient (Wildman–Crippen LogP) is 1.39. The minimum Gasteiger partial charge on any atom is -0.380 e. The number of carbonyl (C=O) groups excluding carboxylic acids is 1. The molecule has 4 aromatic heterocycles. The summed E-state index contributed by atoms with van der Waals surface area (Å²) < 4.78 is 0. The van der Waals surface area contributed by atoms with E-state index in [2.05, 4.69) is 86.3 Å². The van der Waals surface area contributed by atoms with E-state index in [0.717, 1.165) is 17.2 Å². The lowest BCUT2D eigenvalue weighted by Crippen LogP contribution is -2.33. The van der Waals surface area contributed by atoms with Gasteiger partial charge in [-0.25, -0.2) is 50.3 Å². The molecule has 0 atom stereocenters. The van der Waals surface area contributed by atoms with Crippen LogP contribution in [0.1, 0.15) is 64.3 Å². The Morgan fingerprint density at radius 1 is 0.796 bits per heavy atom. The van der Waals surface area contributed by atoms with Crippen molar-refractivity contribution in [3.05, 3.63) is 97.1 Å². The van der Waals surface area contributed by atoms with Crippen LogP contribution in [-0.2, 0) is 4.79 Å². The van der Waals surface area contributed by atoms with Crippen LogP contribution in [0, 0.1) is 22.2 Å². The SMILES string of the molecule is CC(C)(C)C(=O)NN=C(N)c1ccncn1.CC(C)(C)C1=NCC(c2ccncn2)=N1.N#Cc1ccncn1.NN=C(N)c1ccncn1. The molecule has 18 nitrogen and oxygen atoms in total. The Morgan fingerprint density at radius 3 is 1.71 bits per heavy atom. The molecule has 0 aliphatic carbocycles. The minimum atomic E-state index is -0.505. The number of aromatic nitrogens is 8. The number of amides is 1. The molecule has 1 aliphatic heterocycles. The molecule has 0 unspecified atom stereocenters. The highest BCUT2D eigenvalue weighted by atomic mass is 16.2. The van der Waals surface area contributed by atoms with E-state index in [0.29, 0.717) is 23.6 Å². The number of nitrogens with two attached hydrogens (primary N) is 3. The number of hydrazone groups is 2. The number of nitrogens with zero attached hydrogens (tertiary/aromatic N) is 13. The van der Waals surface area contributed by atoms with Gasteiger partial charge < -0.3 is 17.3 Å². The van der Waals surface area contributed by atoms with E-state index in [4.69, 9.17) is 22.6 Å². The number of nitrogens with one attached hydrogen (secondary N) is 1. The van der Waals surface area contributed by atoms with Crippen molar-refractivity contribution < 1.29 is 4.79 Å². The van der Waals surface area contributed by atoms with Crippen LogP contribution in [-0.4, -0.2) is 75.5 Å². The molecule has 5 rings (SSSR count). The number of hydrogen-bond acceptors (Lipinski definition) is 15. The van der Waals surface area contributed by atoms with E-state index in [9.17, 15) is 4.79 Å². The standard InChI is InChI=1S/C11H14N4.C10H15N5O.C5H7N5.C5H3N3/c1-11(2,3)10-13-6-9(15-10)8-4-5-12-7-14-8;1-10(2,3)9(16)15-14-8(11)7-4-5-12-6-13-7;6-5(10-7)4-1-2-8-3-9-4;6-3-5-1-2-7-4-8-5/h4-5,7H,6H2,1-3H3;4-6H,1-3H3,(H2,11,14)(H,15,16);1-3H,7H2,(H2,6,10);1-2,4H. The molecule has 0 spiro atoms. The quantitative estimate of drug-likeness (QED) is 0.104. The lowest BCUT2D eigenvalue weighted by atomic mass is 9.95. The van der Waals surface area contributed by atoms with Gasteiger partial charge in [0.1, 0.15) is 54.3 Å².